The zero-order valence-corrected chi connectivity index (χ0v) is 32.9. The Morgan fingerprint density at radius 1 is 0.636 bits per heavy atom. The quantitative estimate of drug-likeness (QED) is 0.0492. The van der Waals surface area contributed by atoms with Crippen molar-refractivity contribution >= 4 is 29.4 Å². The van der Waals surface area contributed by atoms with Gasteiger partial charge in [-0.15, -0.1) is 0 Å². The molecule has 0 aromatic heterocycles. The van der Waals surface area contributed by atoms with Crippen molar-refractivity contribution in [3.63, 3.8) is 0 Å². The molecule has 1 amide bonds. The summed E-state index contributed by atoms with van der Waals surface area (Å²) in [6.07, 6.45) is 14.3. The summed E-state index contributed by atoms with van der Waals surface area (Å²) in [7, 11) is -11.2. The molecule has 264 valence electrons. The van der Waals surface area contributed by atoms with Crippen LogP contribution in [-0.2, 0) is 36.4 Å². The van der Waals surface area contributed by atoms with E-state index in [9.17, 15) is 13.9 Å². The molecule has 0 atom stereocenters. The predicted octanol–water partition coefficient (Wildman–Crippen LogP) is 10.8. The fourth-order valence-electron chi connectivity index (χ4n) is 4.89. The van der Waals surface area contributed by atoms with E-state index in [1.165, 1.54) is 51.4 Å². The standard InChI is InChI=1S/C32H69NO8P2Si/c1-11-16-17-18-19-20-21-22-23-24-25-27-30(34)33-29-26-28-32(41-44(9,10)31(6,7)8,42(35,37-12-2)38-13-3)43(36,39-14-4)40-15-5/h11-29H2,1-10H3,(H,33,34). The molecular formula is C32H69NO8P2Si. The van der Waals surface area contributed by atoms with Crippen LogP contribution in [0, 0.1) is 0 Å². The number of hydrogen-bond acceptors (Lipinski definition) is 8. The number of unbranched alkanes of at least 4 members (excludes halogenated alkanes) is 10. The highest BCUT2D eigenvalue weighted by Gasteiger charge is 2.68. The first-order chi connectivity index (χ1) is 20.7. The molecule has 0 aliphatic rings. The molecule has 0 aromatic carbocycles. The Hall–Kier alpha value is -0.0531. The second-order valence-corrected chi connectivity index (χ2v) is 22.6. The minimum Gasteiger partial charge on any atom is -0.392 e. The molecule has 0 aliphatic heterocycles. The van der Waals surface area contributed by atoms with Gasteiger partial charge in [-0.05, 0) is 58.7 Å². The lowest BCUT2D eigenvalue weighted by molar-refractivity contribution is -0.121. The van der Waals surface area contributed by atoms with Crippen LogP contribution in [0.1, 0.15) is 145 Å². The molecule has 1 N–H and O–H groups in total. The lowest BCUT2D eigenvalue weighted by Crippen LogP contribution is -2.51. The van der Waals surface area contributed by atoms with Crippen LogP contribution in [-0.4, -0.2) is 52.3 Å². The van der Waals surface area contributed by atoms with Gasteiger partial charge in [0.1, 0.15) is 0 Å². The molecule has 0 spiro atoms. The van der Waals surface area contributed by atoms with Crippen LogP contribution >= 0.6 is 15.2 Å². The number of nitrogens with one attached hydrogen (secondary N) is 1. The Kier molecular flexibility index (Phi) is 22.5. The number of carbonyl (C=O) groups is 1. The average Bonchev–Trinajstić information content (AvgIpc) is 2.93. The molecule has 0 radical (unpaired) electrons. The van der Waals surface area contributed by atoms with Crippen molar-refractivity contribution in [2.24, 2.45) is 0 Å². The summed E-state index contributed by atoms with van der Waals surface area (Å²) in [6.45, 7) is 19.8. The van der Waals surface area contributed by atoms with E-state index in [0.29, 0.717) is 19.4 Å². The van der Waals surface area contributed by atoms with Crippen molar-refractivity contribution in [3.8, 4) is 0 Å². The fourth-order valence-corrected chi connectivity index (χ4v) is 13.5. The molecule has 44 heavy (non-hydrogen) atoms. The van der Waals surface area contributed by atoms with Crippen molar-refractivity contribution < 1.29 is 36.4 Å². The molecule has 0 unspecified atom stereocenters. The van der Waals surface area contributed by atoms with Crippen molar-refractivity contribution in [1.82, 2.24) is 5.32 Å². The summed E-state index contributed by atoms with van der Waals surface area (Å²) in [5.41, 5.74) is 0. The van der Waals surface area contributed by atoms with Gasteiger partial charge in [-0.1, -0.05) is 91.9 Å². The Morgan fingerprint density at radius 2 is 1.02 bits per heavy atom. The van der Waals surface area contributed by atoms with Gasteiger partial charge in [0.05, 0.1) is 26.4 Å². The third-order valence-corrected chi connectivity index (χ3v) is 19.3. The number of hydrogen-bond donors (Lipinski definition) is 1. The molecule has 0 rings (SSSR count). The molecule has 0 bridgehead atoms. The second-order valence-electron chi connectivity index (χ2n) is 13.0. The Morgan fingerprint density at radius 3 is 1.39 bits per heavy atom. The van der Waals surface area contributed by atoms with Gasteiger partial charge in [-0.25, -0.2) is 0 Å². The van der Waals surface area contributed by atoms with Gasteiger partial charge >= 0.3 is 15.2 Å². The maximum Gasteiger partial charge on any atom is 0.373 e. The summed E-state index contributed by atoms with van der Waals surface area (Å²) in [5.74, 6) is -0.0209. The summed E-state index contributed by atoms with van der Waals surface area (Å²) in [4.78, 5) is 12.6. The highest BCUT2D eigenvalue weighted by Crippen LogP contribution is 2.80. The van der Waals surface area contributed by atoms with Crippen LogP contribution in [0.25, 0.3) is 0 Å². The van der Waals surface area contributed by atoms with Crippen LogP contribution in [0.2, 0.25) is 18.1 Å². The number of carbonyl (C=O) groups excluding carboxylic acids is 1. The molecule has 0 heterocycles. The maximum atomic E-state index is 14.7. The van der Waals surface area contributed by atoms with Crippen molar-refractivity contribution in [1.29, 1.82) is 0 Å². The van der Waals surface area contributed by atoms with Gasteiger partial charge in [-0.2, -0.15) is 0 Å². The SMILES string of the molecule is CCCCCCCCCCCCCC(=O)NCCCC(O[Si](C)(C)C(C)(C)C)(P(=O)(OCC)OCC)P(=O)(OCC)OCC. The molecule has 0 fully saturated rings. The van der Waals surface area contributed by atoms with Crippen LogP contribution < -0.4 is 5.32 Å². The largest absolute Gasteiger partial charge is 0.392 e. The lowest BCUT2D eigenvalue weighted by Gasteiger charge is -2.48. The first-order valence-electron chi connectivity index (χ1n) is 17.4. The Labute approximate surface area is 272 Å². The molecule has 0 aliphatic carbocycles. The van der Waals surface area contributed by atoms with Gasteiger partial charge in [0.15, 0.2) is 8.32 Å². The predicted molar refractivity (Wildman–Crippen MR) is 186 cm³/mol. The zero-order valence-electron chi connectivity index (χ0n) is 30.1. The van der Waals surface area contributed by atoms with Crippen molar-refractivity contribution in [3.05, 3.63) is 0 Å². The third kappa shape index (κ3) is 14.4. The van der Waals surface area contributed by atoms with Crippen molar-refractivity contribution in [2.75, 3.05) is 33.0 Å². The van der Waals surface area contributed by atoms with E-state index >= 15 is 0 Å². The van der Waals surface area contributed by atoms with E-state index in [-0.39, 0.29) is 43.8 Å². The third-order valence-electron chi connectivity index (χ3n) is 8.29. The Balaban J connectivity index is 5.58. The van der Waals surface area contributed by atoms with Gasteiger partial charge in [0.2, 0.25) is 5.91 Å². The van der Waals surface area contributed by atoms with Gasteiger partial charge in [0.25, 0.3) is 5.08 Å². The summed E-state index contributed by atoms with van der Waals surface area (Å²) < 4.78 is 59.7. The lowest BCUT2D eigenvalue weighted by atomic mass is 10.1. The van der Waals surface area contributed by atoms with Gasteiger partial charge in [0, 0.05) is 19.4 Å². The monoisotopic (exact) mass is 685 g/mol. The zero-order chi connectivity index (χ0) is 33.8. The van der Waals surface area contributed by atoms with Crippen LogP contribution in [0.15, 0.2) is 0 Å². The van der Waals surface area contributed by atoms with E-state index in [4.69, 9.17) is 22.5 Å². The van der Waals surface area contributed by atoms with E-state index in [2.05, 4.69) is 33.0 Å². The van der Waals surface area contributed by atoms with E-state index in [1.807, 2.05) is 13.1 Å². The molecule has 0 aromatic rings. The maximum absolute atomic E-state index is 14.7. The van der Waals surface area contributed by atoms with E-state index < -0.39 is 28.6 Å². The van der Waals surface area contributed by atoms with Crippen molar-refractivity contribution in [2.45, 2.75) is 168 Å². The van der Waals surface area contributed by atoms with Gasteiger partial charge in [-0.3, -0.25) is 13.9 Å². The minimum atomic E-state index is -4.23. The highest BCUT2D eigenvalue weighted by atomic mass is 31.2. The van der Waals surface area contributed by atoms with E-state index in [0.717, 1.165) is 19.3 Å². The summed E-state index contributed by atoms with van der Waals surface area (Å²) in [5, 5.41) is 0.693. The highest BCUT2D eigenvalue weighted by molar-refractivity contribution is 7.74. The molecule has 12 heteroatoms. The Bertz CT molecular complexity index is 816. The first-order valence-corrected chi connectivity index (χ1v) is 23.4. The van der Waals surface area contributed by atoms with Crippen LogP contribution in [0.4, 0.5) is 0 Å². The van der Waals surface area contributed by atoms with Crippen LogP contribution in [0.5, 0.6) is 0 Å². The topological polar surface area (TPSA) is 109 Å². The van der Waals surface area contributed by atoms with E-state index in [1.54, 1.807) is 27.7 Å². The summed E-state index contributed by atoms with van der Waals surface area (Å²) >= 11 is 0. The normalized spacial score (nSPS) is 13.4. The molecular weight excluding hydrogens is 616 g/mol. The fraction of sp³-hybridized carbons (Fsp3) is 0.969. The summed E-state index contributed by atoms with van der Waals surface area (Å²) in [6, 6.07) is 0. The average molecular weight is 686 g/mol. The smallest absolute Gasteiger partial charge is 0.373 e. The second kappa shape index (κ2) is 22.5. The van der Waals surface area contributed by atoms with Gasteiger partial charge < -0.3 is 27.8 Å². The molecule has 0 saturated heterocycles. The number of rotatable bonds is 28. The molecule has 9 nitrogen and oxygen atoms in total. The molecule has 0 saturated carbocycles. The minimum absolute atomic E-state index is 0.00674. The first kappa shape index (κ1) is 43.9. The number of amides is 1. The van der Waals surface area contributed by atoms with Crippen LogP contribution in [0.3, 0.4) is 0 Å².